The molecular formula is C18H22N2O3. The van der Waals surface area contributed by atoms with Gasteiger partial charge in [0, 0.05) is 11.5 Å². The van der Waals surface area contributed by atoms with Gasteiger partial charge in [-0.05, 0) is 17.7 Å². The molecule has 0 saturated heterocycles. The second kappa shape index (κ2) is 7.13. The zero-order valence-electron chi connectivity index (χ0n) is 13.8. The van der Waals surface area contributed by atoms with Crippen molar-refractivity contribution in [3.63, 3.8) is 0 Å². The molecule has 2 rings (SSSR count). The first-order valence-corrected chi connectivity index (χ1v) is 7.48. The van der Waals surface area contributed by atoms with Gasteiger partial charge in [-0.15, -0.1) is 0 Å². The number of nitrogens with zero attached hydrogens (tertiary/aromatic N) is 1. The van der Waals surface area contributed by atoms with E-state index in [1.807, 2.05) is 45.0 Å². The summed E-state index contributed by atoms with van der Waals surface area (Å²) in [5.41, 5.74) is 0.755. The Balaban J connectivity index is 1.91. The molecule has 0 spiro atoms. The first-order valence-electron chi connectivity index (χ1n) is 7.48. The summed E-state index contributed by atoms with van der Waals surface area (Å²) < 4.78 is 10.6. The molecule has 1 aromatic carbocycles. The summed E-state index contributed by atoms with van der Waals surface area (Å²) in [6.07, 6.45) is 1.95. The van der Waals surface area contributed by atoms with E-state index in [4.69, 9.17) is 9.26 Å². The number of benzene rings is 1. The molecule has 5 nitrogen and oxygen atoms in total. The fourth-order valence-corrected chi connectivity index (χ4v) is 1.92. The topological polar surface area (TPSA) is 64.4 Å². The Morgan fingerprint density at radius 2 is 2.04 bits per heavy atom. The lowest BCUT2D eigenvalue weighted by atomic mass is 9.93. The summed E-state index contributed by atoms with van der Waals surface area (Å²) in [4.78, 5) is 12.1. The van der Waals surface area contributed by atoms with Crippen molar-refractivity contribution in [1.29, 1.82) is 0 Å². The van der Waals surface area contributed by atoms with E-state index in [2.05, 4.69) is 17.1 Å². The standard InChI is InChI=1S/C18H22N2O3/c1-5-10-22-14-8-6-13(7-9-14)11-17(21)19-16-12-15(23-20-16)18(2,3)4/h5-9,12H,1,10-11H2,2-4H3,(H,19,20,21). The van der Waals surface area contributed by atoms with Crippen LogP contribution in [0, 0.1) is 0 Å². The Morgan fingerprint density at radius 1 is 1.35 bits per heavy atom. The number of anilines is 1. The summed E-state index contributed by atoms with van der Waals surface area (Å²) in [6, 6.07) is 9.15. The molecule has 5 heteroatoms. The van der Waals surface area contributed by atoms with Crippen LogP contribution < -0.4 is 10.1 Å². The van der Waals surface area contributed by atoms with Crippen LogP contribution in [0.25, 0.3) is 0 Å². The quantitative estimate of drug-likeness (QED) is 0.825. The van der Waals surface area contributed by atoms with E-state index in [0.717, 1.165) is 17.1 Å². The van der Waals surface area contributed by atoms with Gasteiger partial charge < -0.3 is 14.6 Å². The van der Waals surface area contributed by atoms with E-state index in [0.29, 0.717) is 12.4 Å². The van der Waals surface area contributed by atoms with Crippen molar-refractivity contribution in [1.82, 2.24) is 5.16 Å². The van der Waals surface area contributed by atoms with Gasteiger partial charge in [0.05, 0.1) is 6.42 Å². The van der Waals surface area contributed by atoms with E-state index in [1.54, 1.807) is 12.1 Å². The fraction of sp³-hybridized carbons (Fsp3) is 0.333. The van der Waals surface area contributed by atoms with Crippen LogP contribution in [-0.2, 0) is 16.6 Å². The van der Waals surface area contributed by atoms with E-state index in [1.165, 1.54) is 0 Å². The smallest absolute Gasteiger partial charge is 0.230 e. The van der Waals surface area contributed by atoms with Crippen LogP contribution >= 0.6 is 0 Å². The third kappa shape index (κ3) is 4.98. The minimum absolute atomic E-state index is 0.140. The summed E-state index contributed by atoms with van der Waals surface area (Å²) >= 11 is 0. The Bertz CT molecular complexity index is 666. The molecule has 0 bridgehead atoms. The van der Waals surface area contributed by atoms with Gasteiger partial charge in [-0.25, -0.2) is 0 Å². The van der Waals surface area contributed by atoms with Crippen molar-refractivity contribution >= 4 is 11.7 Å². The highest BCUT2D eigenvalue weighted by atomic mass is 16.5. The lowest BCUT2D eigenvalue weighted by Crippen LogP contribution is -2.14. The third-order valence-corrected chi connectivity index (χ3v) is 3.17. The van der Waals surface area contributed by atoms with Crippen LogP contribution in [0.15, 0.2) is 47.5 Å². The summed E-state index contributed by atoms with van der Waals surface area (Å²) in [5, 5.41) is 6.62. The molecular weight excluding hydrogens is 292 g/mol. The van der Waals surface area contributed by atoms with E-state index in [-0.39, 0.29) is 17.7 Å². The summed E-state index contributed by atoms with van der Waals surface area (Å²) in [5.74, 6) is 1.78. The molecule has 122 valence electrons. The average molecular weight is 314 g/mol. The van der Waals surface area contributed by atoms with Crippen molar-refractivity contribution in [2.45, 2.75) is 32.6 Å². The van der Waals surface area contributed by atoms with Gasteiger partial charge in [0.25, 0.3) is 0 Å². The molecule has 0 saturated carbocycles. The van der Waals surface area contributed by atoms with Gasteiger partial charge in [0.2, 0.25) is 5.91 Å². The van der Waals surface area contributed by atoms with Crippen LogP contribution in [0.4, 0.5) is 5.82 Å². The molecule has 1 amide bonds. The van der Waals surface area contributed by atoms with Crippen LogP contribution in [-0.4, -0.2) is 17.7 Å². The Labute approximate surface area is 136 Å². The normalized spacial score (nSPS) is 11.1. The van der Waals surface area contributed by atoms with Gasteiger partial charge in [-0.2, -0.15) is 0 Å². The highest BCUT2D eigenvalue weighted by Crippen LogP contribution is 2.24. The number of rotatable bonds is 6. The van der Waals surface area contributed by atoms with Crippen molar-refractivity contribution in [2.24, 2.45) is 0 Å². The Hall–Kier alpha value is -2.56. The molecule has 0 unspecified atom stereocenters. The number of amides is 1. The van der Waals surface area contributed by atoms with Crippen molar-refractivity contribution < 1.29 is 14.1 Å². The maximum Gasteiger partial charge on any atom is 0.230 e. The predicted molar refractivity (Wildman–Crippen MR) is 89.7 cm³/mol. The SMILES string of the molecule is C=CCOc1ccc(CC(=O)Nc2cc(C(C)(C)C)on2)cc1. The number of nitrogens with one attached hydrogen (secondary N) is 1. The second-order valence-corrected chi connectivity index (χ2v) is 6.29. The molecule has 2 aromatic rings. The number of carbonyl (C=O) groups excluding carboxylic acids is 1. The van der Waals surface area contributed by atoms with Crippen LogP contribution in [0.3, 0.4) is 0 Å². The molecule has 0 aliphatic carbocycles. The summed E-state index contributed by atoms with van der Waals surface area (Å²) in [6.45, 7) is 10.1. The van der Waals surface area contributed by atoms with E-state index in [9.17, 15) is 4.79 Å². The van der Waals surface area contributed by atoms with Gasteiger partial charge in [-0.3, -0.25) is 4.79 Å². The van der Waals surface area contributed by atoms with E-state index < -0.39 is 0 Å². The zero-order chi connectivity index (χ0) is 16.9. The number of carbonyl (C=O) groups is 1. The monoisotopic (exact) mass is 314 g/mol. The second-order valence-electron chi connectivity index (χ2n) is 6.29. The van der Waals surface area contributed by atoms with Gasteiger partial charge in [-0.1, -0.05) is 50.7 Å². The summed E-state index contributed by atoms with van der Waals surface area (Å²) in [7, 11) is 0. The first-order chi connectivity index (χ1) is 10.9. The maximum absolute atomic E-state index is 12.1. The molecule has 0 aliphatic rings. The van der Waals surface area contributed by atoms with Crippen molar-refractivity contribution in [3.8, 4) is 5.75 Å². The fourth-order valence-electron chi connectivity index (χ4n) is 1.92. The molecule has 1 heterocycles. The van der Waals surface area contributed by atoms with Crippen molar-refractivity contribution in [3.05, 3.63) is 54.3 Å². The highest BCUT2D eigenvalue weighted by Gasteiger charge is 2.20. The van der Waals surface area contributed by atoms with E-state index >= 15 is 0 Å². The lowest BCUT2D eigenvalue weighted by Gasteiger charge is -2.12. The van der Waals surface area contributed by atoms with Gasteiger partial charge in [0.15, 0.2) is 5.82 Å². The average Bonchev–Trinajstić information content (AvgIpc) is 2.95. The zero-order valence-corrected chi connectivity index (χ0v) is 13.8. The lowest BCUT2D eigenvalue weighted by molar-refractivity contribution is -0.115. The number of hydrogen-bond acceptors (Lipinski definition) is 4. The predicted octanol–water partition coefficient (Wildman–Crippen LogP) is 3.72. The Kier molecular flexibility index (Phi) is 5.21. The molecule has 0 aliphatic heterocycles. The number of aromatic nitrogens is 1. The Morgan fingerprint density at radius 3 is 2.61 bits per heavy atom. The van der Waals surface area contributed by atoms with Crippen LogP contribution in [0.2, 0.25) is 0 Å². The highest BCUT2D eigenvalue weighted by molar-refractivity contribution is 5.91. The molecule has 0 fully saturated rings. The number of hydrogen-bond donors (Lipinski definition) is 1. The first kappa shape index (κ1) is 16.8. The molecule has 1 N–H and O–H groups in total. The van der Waals surface area contributed by atoms with Crippen molar-refractivity contribution in [2.75, 3.05) is 11.9 Å². The molecule has 0 radical (unpaired) electrons. The number of ether oxygens (including phenoxy) is 1. The van der Waals surface area contributed by atoms with Gasteiger partial charge >= 0.3 is 0 Å². The van der Waals surface area contributed by atoms with Gasteiger partial charge in [0.1, 0.15) is 18.1 Å². The van der Waals surface area contributed by atoms with Crippen LogP contribution in [0.5, 0.6) is 5.75 Å². The minimum atomic E-state index is -0.142. The largest absolute Gasteiger partial charge is 0.490 e. The molecule has 0 atom stereocenters. The maximum atomic E-state index is 12.1. The minimum Gasteiger partial charge on any atom is -0.490 e. The molecule has 23 heavy (non-hydrogen) atoms. The third-order valence-electron chi connectivity index (χ3n) is 3.17. The van der Waals surface area contributed by atoms with Crippen LogP contribution in [0.1, 0.15) is 32.1 Å². The molecule has 1 aromatic heterocycles.